The molecule has 4 aromatic heterocycles. The fraction of sp³-hybridized carbons (Fsp3) is 0.222. The van der Waals surface area contributed by atoms with Crippen LogP contribution in [0.5, 0.6) is 0 Å². The van der Waals surface area contributed by atoms with Gasteiger partial charge in [0.05, 0.1) is 22.7 Å². The molecule has 8 nitrogen and oxygen atoms in total. The predicted molar refractivity (Wildman–Crippen MR) is 109 cm³/mol. The number of hydrogen-bond acceptors (Lipinski definition) is 8. The van der Waals surface area contributed by atoms with E-state index in [1.807, 2.05) is 18.4 Å². The molecule has 144 valence electrons. The monoisotopic (exact) mass is 416 g/mol. The van der Waals surface area contributed by atoms with Crippen molar-refractivity contribution in [2.24, 2.45) is 0 Å². The van der Waals surface area contributed by atoms with Gasteiger partial charge in [-0.1, -0.05) is 5.16 Å². The van der Waals surface area contributed by atoms with E-state index in [1.165, 1.54) is 23.1 Å². The Hall–Kier alpha value is -2.85. The van der Waals surface area contributed by atoms with Gasteiger partial charge in [0.25, 0.3) is 5.56 Å². The number of carbonyl (C=O) groups excluding carboxylic acids is 1. The fourth-order valence-corrected chi connectivity index (χ4v) is 4.33. The van der Waals surface area contributed by atoms with Gasteiger partial charge in [-0.25, -0.2) is 4.98 Å². The second-order valence-electron chi connectivity index (χ2n) is 6.08. The molecule has 0 saturated carbocycles. The van der Waals surface area contributed by atoms with Crippen LogP contribution in [0.25, 0.3) is 21.5 Å². The lowest BCUT2D eigenvalue weighted by molar-refractivity contribution is -0.113. The Morgan fingerprint density at radius 1 is 1.46 bits per heavy atom. The third-order valence-corrected chi connectivity index (χ3v) is 6.02. The average Bonchev–Trinajstić information content (AvgIpc) is 3.40. The molecule has 1 amide bonds. The van der Waals surface area contributed by atoms with Crippen LogP contribution in [0, 0.1) is 6.92 Å². The normalized spacial score (nSPS) is 12.4. The summed E-state index contributed by atoms with van der Waals surface area (Å²) in [5, 5.41) is 8.60. The highest BCUT2D eigenvalue weighted by Crippen LogP contribution is 2.32. The number of fused-ring (bicyclic) bond motifs is 1. The second-order valence-corrected chi connectivity index (χ2v) is 8.27. The Balaban J connectivity index is 1.48. The first-order chi connectivity index (χ1) is 13.5. The van der Waals surface area contributed by atoms with Gasteiger partial charge in [-0.05, 0) is 26.0 Å². The van der Waals surface area contributed by atoms with Crippen molar-refractivity contribution < 1.29 is 13.7 Å². The van der Waals surface area contributed by atoms with Crippen LogP contribution in [-0.2, 0) is 4.79 Å². The van der Waals surface area contributed by atoms with E-state index in [-0.39, 0.29) is 22.5 Å². The maximum Gasteiger partial charge on any atom is 0.260 e. The molecule has 2 N–H and O–H groups in total. The summed E-state index contributed by atoms with van der Waals surface area (Å²) in [5.74, 6) is 2.15. The summed E-state index contributed by atoms with van der Waals surface area (Å²) in [7, 11) is 0. The first-order valence-corrected chi connectivity index (χ1v) is 10.3. The molecule has 0 aliphatic heterocycles. The van der Waals surface area contributed by atoms with Crippen molar-refractivity contribution >= 4 is 45.0 Å². The number of thioether (sulfide) groups is 1. The van der Waals surface area contributed by atoms with E-state index in [2.05, 4.69) is 20.4 Å². The van der Waals surface area contributed by atoms with Crippen molar-refractivity contribution in [2.75, 3.05) is 11.1 Å². The zero-order valence-electron chi connectivity index (χ0n) is 15.0. The van der Waals surface area contributed by atoms with Crippen molar-refractivity contribution in [3.63, 3.8) is 0 Å². The number of nitrogens with zero attached hydrogens (tertiary/aromatic N) is 2. The van der Waals surface area contributed by atoms with Crippen LogP contribution < -0.4 is 10.9 Å². The number of furan rings is 1. The number of hydrogen-bond donors (Lipinski definition) is 2. The number of rotatable bonds is 6. The highest BCUT2D eigenvalue weighted by atomic mass is 32.2. The molecule has 1 unspecified atom stereocenters. The van der Waals surface area contributed by atoms with Crippen LogP contribution in [0.4, 0.5) is 5.82 Å². The predicted octanol–water partition coefficient (Wildman–Crippen LogP) is 3.97. The number of thiophene rings is 1. The molecule has 0 saturated heterocycles. The van der Waals surface area contributed by atoms with E-state index in [4.69, 9.17) is 8.94 Å². The van der Waals surface area contributed by atoms with Crippen molar-refractivity contribution in [1.82, 2.24) is 15.1 Å². The Morgan fingerprint density at radius 3 is 3.04 bits per heavy atom. The van der Waals surface area contributed by atoms with Gasteiger partial charge in [-0.3, -0.25) is 9.59 Å². The average molecular weight is 416 g/mol. The number of nitrogens with one attached hydrogen (secondary N) is 2. The van der Waals surface area contributed by atoms with E-state index in [9.17, 15) is 9.59 Å². The van der Waals surface area contributed by atoms with Gasteiger partial charge in [-0.15, -0.1) is 23.1 Å². The standard InChI is InChI=1S/C18H16N4O4S2/c1-9-6-13(22-26-9)19-14(23)8-27-10(2)16-20-17(24)15-11(7-28-18(15)21-16)12-4-3-5-25-12/h3-7,10H,8H2,1-2H3,(H,19,22,23)(H,20,21,24). The third-order valence-electron chi connectivity index (χ3n) is 3.99. The van der Waals surface area contributed by atoms with Crippen LogP contribution in [0.15, 0.2) is 43.6 Å². The number of aryl methyl sites for hydroxylation is 1. The lowest BCUT2D eigenvalue weighted by atomic mass is 10.2. The highest BCUT2D eigenvalue weighted by molar-refractivity contribution is 8.00. The summed E-state index contributed by atoms with van der Waals surface area (Å²) in [4.78, 5) is 32.7. The molecule has 10 heteroatoms. The summed E-state index contributed by atoms with van der Waals surface area (Å²) < 4.78 is 10.3. The Morgan fingerprint density at radius 2 is 2.32 bits per heavy atom. The highest BCUT2D eigenvalue weighted by Gasteiger charge is 2.18. The quantitative estimate of drug-likeness (QED) is 0.489. The zero-order chi connectivity index (χ0) is 19.7. The Labute approximate surface area is 167 Å². The number of carbonyl (C=O) groups is 1. The maximum atomic E-state index is 12.6. The van der Waals surface area contributed by atoms with E-state index in [1.54, 1.807) is 25.3 Å². The van der Waals surface area contributed by atoms with Crippen LogP contribution >= 0.6 is 23.1 Å². The molecule has 0 fully saturated rings. The van der Waals surface area contributed by atoms with Crippen molar-refractivity contribution in [3.8, 4) is 11.3 Å². The molecule has 0 bridgehead atoms. The van der Waals surface area contributed by atoms with Crippen LogP contribution in [0.1, 0.15) is 23.8 Å². The van der Waals surface area contributed by atoms with E-state index < -0.39 is 0 Å². The molecule has 0 spiro atoms. The fourth-order valence-electron chi connectivity index (χ4n) is 2.66. The van der Waals surface area contributed by atoms with Crippen molar-refractivity contribution in [1.29, 1.82) is 0 Å². The van der Waals surface area contributed by atoms with Crippen LogP contribution in [0.3, 0.4) is 0 Å². The molecule has 28 heavy (non-hydrogen) atoms. The largest absolute Gasteiger partial charge is 0.464 e. The molecule has 4 aromatic rings. The van der Waals surface area contributed by atoms with Gasteiger partial charge in [0.2, 0.25) is 5.91 Å². The SMILES string of the molecule is Cc1cc(NC(=O)CSC(C)c2nc3scc(-c4ccco4)c3c(=O)[nH]2)no1. The number of aromatic amines is 1. The second kappa shape index (κ2) is 7.64. The van der Waals surface area contributed by atoms with Gasteiger partial charge in [-0.2, -0.15) is 0 Å². The van der Waals surface area contributed by atoms with Gasteiger partial charge >= 0.3 is 0 Å². The number of anilines is 1. The summed E-state index contributed by atoms with van der Waals surface area (Å²) in [6.45, 7) is 3.64. The molecule has 0 radical (unpaired) electrons. The molecule has 4 heterocycles. The summed E-state index contributed by atoms with van der Waals surface area (Å²) in [6.07, 6.45) is 1.57. The maximum absolute atomic E-state index is 12.6. The molecular formula is C18H16N4O4S2. The van der Waals surface area contributed by atoms with Gasteiger partial charge in [0.1, 0.15) is 22.2 Å². The lowest BCUT2D eigenvalue weighted by Crippen LogP contribution is -2.16. The van der Waals surface area contributed by atoms with Crippen molar-refractivity contribution in [3.05, 3.63) is 51.8 Å². The minimum Gasteiger partial charge on any atom is -0.464 e. The third kappa shape index (κ3) is 3.73. The van der Waals surface area contributed by atoms with Gasteiger partial charge < -0.3 is 19.2 Å². The molecule has 4 rings (SSSR count). The molecule has 0 aliphatic carbocycles. The number of amides is 1. The first kappa shape index (κ1) is 18.5. The van der Waals surface area contributed by atoms with Crippen molar-refractivity contribution in [2.45, 2.75) is 19.1 Å². The summed E-state index contributed by atoms with van der Waals surface area (Å²) in [6, 6.07) is 5.23. The first-order valence-electron chi connectivity index (χ1n) is 8.41. The number of H-pyrrole nitrogens is 1. The lowest BCUT2D eigenvalue weighted by Gasteiger charge is -2.10. The molecule has 0 aliphatic rings. The van der Waals surface area contributed by atoms with Crippen LogP contribution in [-0.4, -0.2) is 26.8 Å². The summed E-state index contributed by atoms with van der Waals surface area (Å²) >= 11 is 2.76. The topological polar surface area (TPSA) is 114 Å². The van der Waals surface area contributed by atoms with E-state index in [0.717, 1.165) is 5.56 Å². The Bertz CT molecular complexity index is 1180. The molecule has 1 atom stereocenters. The summed E-state index contributed by atoms with van der Waals surface area (Å²) in [5.41, 5.74) is 0.510. The number of aromatic nitrogens is 3. The minimum atomic E-state index is -0.220. The van der Waals surface area contributed by atoms with E-state index in [0.29, 0.717) is 33.4 Å². The zero-order valence-corrected chi connectivity index (χ0v) is 16.6. The van der Waals surface area contributed by atoms with E-state index >= 15 is 0 Å². The minimum absolute atomic E-state index is 0.170. The smallest absolute Gasteiger partial charge is 0.260 e. The molecular weight excluding hydrogens is 400 g/mol. The Kier molecular flexibility index (Phi) is 5.05. The van der Waals surface area contributed by atoms with Crippen LogP contribution in [0.2, 0.25) is 0 Å². The molecule has 0 aromatic carbocycles. The van der Waals surface area contributed by atoms with Gasteiger partial charge in [0, 0.05) is 17.0 Å². The van der Waals surface area contributed by atoms with Gasteiger partial charge in [0.15, 0.2) is 5.82 Å².